The Morgan fingerprint density at radius 3 is 2.94 bits per heavy atom. The molecule has 2 heterocycles. The second kappa shape index (κ2) is 4.57. The standard InChI is InChI=1S/C12H20N2S2/c1-9(2)10-7-13-11(15)14(10)8-12(3)5-4-6-16-12/h7,9H,4-6,8H2,1-3H3,(H,13,15). The third-order valence-electron chi connectivity index (χ3n) is 3.28. The van der Waals surface area contributed by atoms with Gasteiger partial charge in [0.05, 0.1) is 0 Å². The highest BCUT2D eigenvalue weighted by atomic mass is 32.2. The molecule has 0 amide bonds. The Bertz CT molecular complexity index is 411. The van der Waals surface area contributed by atoms with Gasteiger partial charge in [0.1, 0.15) is 0 Å². The summed E-state index contributed by atoms with van der Waals surface area (Å²) in [7, 11) is 0. The Morgan fingerprint density at radius 2 is 2.38 bits per heavy atom. The van der Waals surface area contributed by atoms with E-state index in [9.17, 15) is 0 Å². The lowest BCUT2D eigenvalue weighted by atomic mass is 10.0. The van der Waals surface area contributed by atoms with Gasteiger partial charge in [-0.2, -0.15) is 11.8 Å². The van der Waals surface area contributed by atoms with Crippen molar-refractivity contribution in [2.24, 2.45) is 0 Å². The number of nitrogens with one attached hydrogen (secondary N) is 1. The first kappa shape index (κ1) is 12.2. The van der Waals surface area contributed by atoms with Crippen LogP contribution >= 0.6 is 24.0 Å². The Labute approximate surface area is 107 Å². The molecule has 0 spiro atoms. The third kappa shape index (κ3) is 2.38. The maximum atomic E-state index is 5.37. The van der Waals surface area contributed by atoms with Crippen molar-refractivity contribution in [2.45, 2.75) is 50.8 Å². The SMILES string of the molecule is CC(C)c1c[nH]c(=S)n1CC1(C)CCCS1. The van der Waals surface area contributed by atoms with Gasteiger partial charge in [-0.3, -0.25) is 0 Å². The van der Waals surface area contributed by atoms with Crippen LogP contribution in [0.2, 0.25) is 0 Å². The molecule has 0 radical (unpaired) electrons. The van der Waals surface area contributed by atoms with Crippen LogP contribution in [0, 0.1) is 4.77 Å². The molecule has 90 valence electrons. The van der Waals surface area contributed by atoms with Crippen LogP contribution in [-0.4, -0.2) is 20.1 Å². The van der Waals surface area contributed by atoms with Gasteiger partial charge in [0.25, 0.3) is 0 Å². The zero-order valence-electron chi connectivity index (χ0n) is 10.2. The first-order valence-corrected chi connectivity index (χ1v) is 7.33. The second-order valence-corrected chi connectivity index (χ2v) is 7.23. The molecule has 1 aromatic rings. The predicted octanol–water partition coefficient (Wildman–Crippen LogP) is 3.95. The highest BCUT2D eigenvalue weighted by Gasteiger charge is 2.30. The molecule has 1 fully saturated rings. The van der Waals surface area contributed by atoms with Gasteiger partial charge in [-0.05, 0) is 43.7 Å². The molecular formula is C12H20N2S2. The van der Waals surface area contributed by atoms with Crippen LogP contribution in [0.25, 0.3) is 0 Å². The number of aromatic amines is 1. The quantitative estimate of drug-likeness (QED) is 0.826. The van der Waals surface area contributed by atoms with Crippen LogP contribution in [0.5, 0.6) is 0 Å². The maximum absolute atomic E-state index is 5.37. The molecule has 0 aromatic carbocycles. The molecule has 2 rings (SSSR count). The maximum Gasteiger partial charge on any atom is 0.177 e. The van der Waals surface area contributed by atoms with Gasteiger partial charge >= 0.3 is 0 Å². The number of hydrogen-bond donors (Lipinski definition) is 1. The van der Waals surface area contributed by atoms with Crippen molar-refractivity contribution in [2.75, 3.05) is 5.75 Å². The zero-order chi connectivity index (χ0) is 11.8. The van der Waals surface area contributed by atoms with Crippen LogP contribution in [0.4, 0.5) is 0 Å². The van der Waals surface area contributed by atoms with E-state index >= 15 is 0 Å². The average molecular weight is 256 g/mol. The zero-order valence-corrected chi connectivity index (χ0v) is 11.9. The molecule has 1 N–H and O–H groups in total. The van der Waals surface area contributed by atoms with Crippen molar-refractivity contribution < 1.29 is 0 Å². The summed E-state index contributed by atoms with van der Waals surface area (Å²) in [5, 5.41) is 0. The molecule has 0 bridgehead atoms. The summed E-state index contributed by atoms with van der Waals surface area (Å²) in [6, 6.07) is 0. The third-order valence-corrected chi connectivity index (χ3v) is 5.15. The number of hydrogen-bond acceptors (Lipinski definition) is 2. The number of nitrogens with zero attached hydrogens (tertiary/aromatic N) is 1. The van der Waals surface area contributed by atoms with Gasteiger partial charge < -0.3 is 9.55 Å². The Hall–Kier alpha value is -0.220. The summed E-state index contributed by atoms with van der Waals surface area (Å²) in [6.45, 7) is 7.86. The summed E-state index contributed by atoms with van der Waals surface area (Å²) in [6.07, 6.45) is 4.72. The number of imidazole rings is 1. The molecule has 16 heavy (non-hydrogen) atoms. The molecule has 4 heteroatoms. The number of aromatic nitrogens is 2. The van der Waals surface area contributed by atoms with E-state index in [2.05, 4.69) is 48.3 Å². The summed E-state index contributed by atoms with van der Waals surface area (Å²) < 4.78 is 3.54. The van der Waals surface area contributed by atoms with Crippen molar-refractivity contribution in [3.05, 3.63) is 16.7 Å². The van der Waals surface area contributed by atoms with Crippen LogP contribution in [0.1, 0.15) is 45.2 Å². The van der Waals surface area contributed by atoms with Crippen LogP contribution < -0.4 is 0 Å². The average Bonchev–Trinajstić information content (AvgIpc) is 2.76. The number of thioether (sulfide) groups is 1. The second-order valence-electron chi connectivity index (χ2n) is 5.16. The van der Waals surface area contributed by atoms with E-state index in [1.54, 1.807) is 0 Å². The van der Waals surface area contributed by atoms with Gasteiger partial charge in [0.2, 0.25) is 0 Å². The fourth-order valence-electron chi connectivity index (χ4n) is 2.35. The molecule has 1 aliphatic heterocycles. The molecular weight excluding hydrogens is 236 g/mol. The molecule has 0 saturated carbocycles. The minimum absolute atomic E-state index is 0.379. The summed E-state index contributed by atoms with van der Waals surface area (Å²) in [5.41, 5.74) is 1.33. The Morgan fingerprint density at radius 1 is 1.62 bits per heavy atom. The minimum Gasteiger partial charge on any atom is -0.337 e. The van der Waals surface area contributed by atoms with Crippen LogP contribution in [0.15, 0.2) is 6.20 Å². The highest BCUT2D eigenvalue weighted by Crippen LogP contribution is 2.39. The highest BCUT2D eigenvalue weighted by molar-refractivity contribution is 8.00. The fourth-order valence-corrected chi connectivity index (χ4v) is 3.87. The minimum atomic E-state index is 0.379. The number of H-pyrrole nitrogens is 1. The van der Waals surface area contributed by atoms with Gasteiger partial charge in [0.15, 0.2) is 4.77 Å². The lowest BCUT2D eigenvalue weighted by Gasteiger charge is -2.25. The van der Waals surface area contributed by atoms with Crippen molar-refractivity contribution in [1.82, 2.24) is 9.55 Å². The fraction of sp³-hybridized carbons (Fsp3) is 0.750. The molecule has 1 atom stereocenters. The van der Waals surface area contributed by atoms with E-state index < -0.39 is 0 Å². The number of rotatable bonds is 3. The van der Waals surface area contributed by atoms with E-state index in [-0.39, 0.29) is 0 Å². The largest absolute Gasteiger partial charge is 0.337 e. The smallest absolute Gasteiger partial charge is 0.177 e. The first-order valence-electron chi connectivity index (χ1n) is 5.94. The van der Waals surface area contributed by atoms with Gasteiger partial charge in [-0.25, -0.2) is 0 Å². The summed E-state index contributed by atoms with van der Waals surface area (Å²) in [4.78, 5) is 3.18. The lowest BCUT2D eigenvalue weighted by Crippen LogP contribution is -2.25. The lowest BCUT2D eigenvalue weighted by molar-refractivity contribution is 0.490. The Kier molecular flexibility index (Phi) is 3.50. The van der Waals surface area contributed by atoms with Crippen molar-refractivity contribution in [3.8, 4) is 0 Å². The molecule has 1 aromatic heterocycles. The first-order chi connectivity index (χ1) is 7.52. The summed E-state index contributed by atoms with van der Waals surface area (Å²) >= 11 is 7.47. The van der Waals surface area contributed by atoms with Crippen molar-refractivity contribution in [1.29, 1.82) is 0 Å². The Balaban J connectivity index is 2.26. The molecule has 1 unspecified atom stereocenters. The van der Waals surface area contributed by atoms with Gasteiger partial charge in [-0.15, -0.1) is 0 Å². The molecule has 1 saturated heterocycles. The summed E-state index contributed by atoms with van der Waals surface area (Å²) in [5.74, 6) is 1.83. The van der Waals surface area contributed by atoms with E-state index in [0.717, 1.165) is 11.3 Å². The normalized spacial score (nSPS) is 25.5. The molecule has 1 aliphatic rings. The van der Waals surface area contributed by atoms with Gasteiger partial charge in [0, 0.05) is 23.2 Å². The molecule has 0 aliphatic carbocycles. The van der Waals surface area contributed by atoms with Gasteiger partial charge in [-0.1, -0.05) is 13.8 Å². The van der Waals surface area contributed by atoms with Crippen LogP contribution in [-0.2, 0) is 6.54 Å². The van der Waals surface area contributed by atoms with E-state index in [0.29, 0.717) is 10.7 Å². The van der Waals surface area contributed by atoms with Crippen LogP contribution in [0.3, 0.4) is 0 Å². The predicted molar refractivity (Wildman–Crippen MR) is 73.8 cm³/mol. The topological polar surface area (TPSA) is 20.7 Å². The molecule has 2 nitrogen and oxygen atoms in total. The van der Waals surface area contributed by atoms with E-state index in [1.807, 2.05) is 0 Å². The monoisotopic (exact) mass is 256 g/mol. The van der Waals surface area contributed by atoms with Crippen molar-refractivity contribution >= 4 is 24.0 Å². The van der Waals surface area contributed by atoms with Crippen molar-refractivity contribution in [3.63, 3.8) is 0 Å². The van der Waals surface area contributed by atoms with E-state index in [4.69, 9.17) is 12.2 Å². The van der Waals surface area contributed by atoms with E-state index in [1.165, 1.54) is 24.3 Å².